The molecule has 11 heavy (non-hydrogen) atoms. The third-order valence-electron chi connectivity index (χ3n) is 1.60. The zero-order valence-corrected chi connectivity index (χ0v) is 8.67. The predicted molar refractivity (Wildman–Crippen MR) is 56.3 cm³/mol. The van der Waals surface area contributed by atoms with Gasteiger partial charge in [0.05, 0.1) is 0 Å². The molecule has 0 aromatic heterocycles. The average Bonchev–Trinajstić information content (AvgIpc) is 1.96. The molecule has 0 saturated heterocycles. The van der Waals surface area contributed by atoms with Gasteiger partial charge in [-0.1, -0.05) is 18.9 Å². The second kappa shape index (κ2) is 8.19. The Kier molecular flexibility index (Phi) is 8.26. The van der Waals surface area contributed by atoms with E-state index in [4.69, 9.17) is 0 Å². The molecule has 0 fully saturated rings. The van der Waals surface area contributed by atoms with E-state index in [9.17, 15) is 0 Å². The first-order valence-corrected chi connectivity index (χ1v) is 5.65. The van der Waals surface area contributed by atoms with E-state index in [1.54, 1.807) is 0 Å². The van der Waals surface area contributed by atoms with Crippen molar-refractivity contribution < 1.29 is 0 Å². The number of allylic oxidation sites excluding steroid dienone is 1. The lowest BCUT2D eigenvalue weighted by Crippen LogP contribution is -1.82. The molecule has 0 rings (SSSR count). The van der Waals surface area contributed by atoms with Gasteiger partial charge in [0.15, 0.2) is 0 Å². The molecule has 0 bridgehead atoms. The van der Waals surface area contributed by atoms with Crippen LogP contribution in [0.3, 0.4) is 0 Å². The fraction of sp³-hybridized carbons (Fsp3) is 0.800. The Balaban J connectivity index is 2.85. The van der Waals surface area contributed by atoms with Gasteiger partial charge in [0.1, 0.15) is 0 Å². The van der Waals surface area contributed by atoms with Crippen molar-refractivity contribution in [3.8, 4) is 0 Å². The Morgan fingerprint density at radius 2 is 2.00 bits per heavy atom. The quantitative estimate of drug-likeness (QED) is 0.415. The summed E-state index contributed by atoms with van der Waals surface area (Å²) in [5.74, 6) is 2.60. The molecular formula is C10H20S. The van der Waals surface area contributed by atoms with E-state index >= 15 is 0 Å². The number of hydrogen-bond donors (Lipinski definition) is 0. The van der Waals surface area contributed by atoms with Gasteiger partial charge < -0.3 is 0 Å². The molecule has 0 aliphatic heterocycles. The van der Waals surface area contributed by atoms with Crippen LogP contribution in [0.15, 0.2) is 12.2 Å². The zero-order chi connectivity index (χ0) is 8.53. The molecule has 0 radical (unpaired) electrons. The molecule has 0 saturated carbocycles. The maximum Gasteiger partial charge on any atom is -0.00676 e. The first-order chi connectivity index (χ1) is 5.27. The number of rotatable bonds is 7. The smallest absolute Gasteiger partial charge is 0.00676 e. The topological polar surface area (TPSA) is 0 Å². The van der Waals surface area contributed by atoms with Crippen molar-refractivity contribution in [2.45, 2.75) is 39.5 Å². The first-order valence-electron chi connectivity index (χ1n) is 4.49. The van der Waals surface area contributed by atoms with Crippen LogP contribution >= 0.6 is 11.8 Å². The van der Waals surface area contributed by atoms with E-state index in [0.717, 1.165) is 0 Å². The Morgan fingerprint density at radius 1 is 1.27 bits per heavy atom. The van der Waals surface area contributed by atoms with E-state index in [1.165, 1.54) is 42.8 Å². The van der Waals surface area contributed by atoms with E-state index in [1.807, 2.05) is 11.8 Å². The van der Waals surface area contributed by atoms with Crippen LogP contribution in [0, 0.1) is 0 Å². The summed E-state index contributed by atoms with van der Waals surface area (Å²) in [7, 11) is 0. The molecule has 0 aromatic rings. The Labute approximate surface area is 75.5 Å². The number of unbranched alkanes of at least 4 members (excludes halogenated alkanes) is 2. The Hall–Kier alpha value is 0.0900. The Morgan fingerprint density at radius 3 is 2.55 bits per heavy atom. The Bertz CT molecular complexity index is 97.0. The molecule has 0 heterocycles. The SMILES string of the molecule is C=C(C)CCCCCSCC. The van der Waals surface area contributed by atoms with Crippen molar-refractivity contribution in [3.63, 3.8) is 0 Å². The summed E-state index contributed by atoms with van der Waals surface area (Å²) in [6, 6.07) is 0. The second-order valence-corrected chi connectivity index (χ2v) is 4.36. The van der Waals surface area contributed by atoms with Gasteiger partial charge in [-0.2, -0.15) is 11.8 Å². The fourth-order valence-corrected chi connectivity index (χ4v) is 1.65. The minimum Gasteiger partial charge on any atom is -0.162 e. The standard InChI is InChI=1S/C10H20S/c1-4-11-9-7-5-6-8-10(2)3/h2,4-9H2,1,3H3. The van der Waals surface area contributed by atoms with Crippen molar-refractivity contribution in [1.82, 2.24) is 0 Å². The molecule has 0 atom stereocenters. The summed E-state index contributed by atoms with van der Waals surface area (Å²) in [4.78, 5) is 0. The molecule has 0 aliphatic rings. The largest absolute Gasteiger partial charge is 0.162 e. The van der Waals surface area contributed by atoms with Crippen molar-refractivity contribution in [2.75, 3.05) is 11.5 Å². The molecule has 0 spiro atoms. The highest BCUT2D eigenvalue weighted by molar-refractivity contribution is 7.99. The molecule has 0 amide bonds. The third kappa shape index (κ3) is 10.1. The molecular weight excluding hydrogens is 152 g/mol. The van der Waals surface area contributed by atoms with Crippen LogP contribution in [-0.4, -0.2) is 11.5 Å². The highest BCUT2D eigenvalue weighted by atomic mass is 32.2. The highest BCUT2D eigenvalue weighted by Gasteiger charge is 1.89. The molecule has 0 aliphatic carbocycles. The minimum atomic E-state index is 1.22. The maximum absolute atomic E-state index is 3.88. The average molecular weight is 172 g/mol. The van der Waals surface area contributed by atoms with E-state index in [0.29, 0.717) is 0 Å². The summed E-state index contributed by atoms with van der Waals surface area (Å²) in [5, 5.41) is 0. The van der Waals surface area contributed by atoms with Crippen molar-refractivity contribution in [1.29, 1.82) is 0 Å². The molecule has 0 unspecified atom stereocenters. The van der Waals surface area contributed by atoms with Crippen molar-refractivity contribution >= 4 is 11.8 Å². The second-order valence-electron chi connectivity index (χ2n) is 2.96. The number of thioether (sulfide) groups is 1. The third-order valence-corrected chi connectivity index (χ3v) is 2.58. The summed E-state index contributed by atoms with van der Waals surface area (Å²) in [5.41, 5.74) is 1.33. The normalized spacial score (nSPS) is 10.0. The lowest BCUT2D eigenvalue weighted by Gasteiger charge is -1.99. The van der Waals surface area contributed by atoms with Gasteiger partial charge in [0.2, 0.25) is 0 Å². The summed E-state index contributed by atoms with van der Waals surface area (Å²) in [6.07, 6.45) is 5.31. The zero-order valence-electron chi connectivity index (χ0n) is 7.86. The van der Waals surface area contributed by atoms with Crippen LogP contribution in [0.2, 0.25) is 0 Å². The molecule has 0 aromatic carbocycles. The summed E-state index contributed by atoms with van der Waals surface area (Å²) in [6.45, 7) is 8.22. The van der Waals surface area contributed by atoms with Gasteiger partial charge in [-0.15, -0.1) is 6.58 Å². The molecule has 1 heteroatoms. The van der Waals surface area contributed by atoms with Crippen LogP contribution in [0.25, 0.3) is 0 Å². The van der Waals surface area contributed by atoms with Crippen LogP contribution in [-0.2, 0) is 0 Å². The maximum atomic E-state index is 3.88. The van der Waals surface area contributed by atoms with Crippen LogP contribution in [0.1, 0.15) is 39.5 Å². The van der Waals surface area contributed by atoms with E-state index in [-0.39, 0.29) is 0 Å². The summed E-state index contributed by atoms with van der Waals surface area (Å²) >= 11 is 2.04. The number of hydrogen-bond acceptors (Lipinski definition) is 1. The lowest BCUT2D eigenvalue weighted by atomic mass is 10.1. The fourth-order valence-electron chi connectivity index (χ4n) is 0.952. The lowest BCUT2D eigenvalue weighted by molar-refractivity contribution is 0.719. The van der Waals surface area contributed by atoms with E-state index in [2.05, 4.69) is 20.4 Å². The monoisotopic (exact) mass is 172 g/mol. The van der Waals surface area contributed by atoms with Gasteiger partial charge in [-0.25, -0.2) is 0 Å². The van der Waals surface area contributed by atoms with Gasteiger partial charge in [-0.05, 0) is 37.7 Å². The predicted octanol–water partition coefficient (Wildman–Crippen LogP) is 3.88. The van der Waals surface area contributed by atoms with Gasteiger partial charge in [-0.3, -0.25) is 0 Å². The van der Waals surface area contributed by atoms with Crippen molar-refractivity contribution in [3.05, 3.63) is 12.2 Å². The van der Waals surface area contributed by atoms with Crippen LogP contribution in [0.5, 0.6) is 0 Å². The van der Waals surface area contributed by atoms with Gasteiger partial charge in [0.25, 0.3) is 0 Å². The van der Waals surface area contributed by atoms with Gasteiger partial charge >= 0.3 is 0 Å². The van der Waals surface area contributed by atoms with Gasteiger partial charge in [0, 0.05) is 0 Å². The molecule has 66 valence electrons. The minimum absolute atomic E-state index is 1.22. The van der Waals surface area contributed by atoms with Crippen molar-refractivity contribution in [2.24, 2.45) is 0 Å². The van der Waals surface area contributed by atoms with Crippen LogP contribution in [0.4, 0.5) is 0 Å². The summed E-state index contributed by atoms with van der Waals surface area (Å²) < 4.78 is 0. The van der Waals surface area contributed by atoms with E-state index < -0.39 is 0 Å². The molecule has 0 N–H and O–H groups in total. The molecule has 0 nitrogen and oxygen atoms in total. The van der Waals surface area contributed by atoms with Crippen LogP contribution < -0.4 is 0 Å². The highest BCUT2D eigenvalue weighted by Crippen LogP contribution is 2.09. The first kappa shape index (κ1) is 11.1.